The number of nitrogens with zero attached hydrogens (tertiary/aromatic N) is 1. The second-order valence-corrected chi connectivity index (χ2v) is 4.18. The van der Waals surface area contributed by atoms with Crippen LogP contribution in [-0.2, 0) is 13.2 Å². The first-order valence-corrected chi connectivity index (χ1v) is 5.94. The van der Waals surface area contributed by atoms with Gasteiger partial charge in [0.15, 0.2) is 11.6 Å². The molecule has 2 aromatic carbocycles. The van der Waals surface area contributed by atoms with Crippen molar-refractivity contribution in [3.63, 3.8) is 0 Å². The van der Waals surface area contributed by atoms with Crippen LogP contribution in [0, 0.1) is 23.0 Å². The second-order valence-electron chi connectivity index (χ2n) is 4.18. The van der Waals surface area contributed by atoms with Crippen LogP contribution in [0.25, 0.3) is 0 Å². The molecule has 2 N–H and O–H groups in total. The summed E-state index contributed by atoms with van der Waals surface area (Å²) in [6.07, 6.45) is 0. The summed E-state index contributed by atoms with van der Waals surface area (Å²) in [6.45, 7) is 0.300. The molecular weight excluding hydrogens is 262 g/mol. The Kier molecular flexibility index (Phi) is 4.28. The Hall–Kier alpha value is -2.45. The molecule has 2 aromatic rings. The summed E-state index contributed by atoms with van der Waals surface area (Å²) >= 11 is 0. The zero-order chi connectivity index (χ0) is 14.5. The third-order valence-corrected chi connectivity index (χ3v) is 2.78. The molecule has 0 spiro atoms. The van der Waals surface area contributed by atoms with Crippen molar-refractivity contribution < 1.29 is 13.5 Å². The molecule has 0 radical (unpaired) electrons. The molecule has 0 unspecified atom stereocenters. The van der Waals surface area contributed by atoms with E-state index in [0.717, 1.165) is 0 Å². The lowest BCUT2D eigenvalue weighted by molar-refractivity contribution is 0.290. The minimum Gasteiger partial charge on any atom is -0.486 e. The van der Waals surface area contributed by atoms with Crippen LogP contribution in [0.15, 0.2) is 36.4 Å². The molecule has 0 bridgehead atoms. The lowest BCUT2D eigenvalue weighted by Crippen LogP contribution is -2.01. The number of rotatable bonds is 4. The van der Waals surface area contributed by atoms with Gasteiger partial charge in [-0.1, -0.05) is 12.1 Å². The van der Waals surface area contributed by atoms with Crippen LogP contribution in [0.3, 0.4) is 0 Å². The lowest BCUT2D eigenvalue weighted by Gasteiger charge is -2.08. The van der Waals surface area contributed by atoms with Gasteiger partial charge in [-0.15, -0.1) is 0 Å². The van der Waals surface area contributed by atoms with Crippen molar-refractivity contribution in [2.45, 2.75) is 13.2 Å². The molecule has 5 heteroatoms. The highest BCUT2D eigenvalue weighted by atomic mass is 19.1. The van der Waals surface area contributed by atoms with E-state index in [2.05, 4.69) is 0 Å². The molecule has 3 nitrogen and oxygen atoms in total. The van der Waals surface area contributed by atoms with Crippen LogP contribution < -0.4 is 10.5 Å². The number of halogens is 2. The van der Waals surface area contributed by atoms with Crippen molar-refractivity contribution >= 4 is 0 Å². The number of hydrogen-bond acceptors (Lipinski definition) is 3. The van der Waals surface area contributed by atoms with Crippen molar-refractivity contribution in [2.24, 2.45) is 5.73 Å². The molecule has 2 rings (SSSR count). The molecule has 0 aromatic heterocycles. The predicted octanol–water partition coefficient (Wildman–Crippen LogP) is 2.87. The molecule has 0 aliphatic heterocycles. The van der Waals surface area contributed by atoms with Gasteiger partial charge < -0.3 is 10.5 Å². The summed E-state index contributed by atoms with van der Waals surface area (Å²) in [6, 6.07) is 10.3. The first-order chi connectivity index (χ1) is 9.63. The van der Waals surface area contributed by atoms with E-state index in [1.165, 1.54) is 30.3 Å². The number of hydrogen-bond donors (Lipinski definition) is 1. The number of ether oxygens (including phenoxy) is 1. The molecule has 0 saturated heterocycles. The fourth-order valence-corrected chi connectivity index (χ4v) is 1.70. The largest absolute Gasteiger partial charge is 0.486 e. The van der Waals surface area contributed by atoms with Gasteiger partial charge in [-0.2, -0.15) is 5.26 Å². The molecule has 0 atom stereocenters. The fraction of sp³-hybridized carbons (Fsp3) is 0.133. The van der Waals surface area contributed by atoms with E-state index in [0.29, 0.717) is 11.1 Å². The zero-order valence-corrected chi connectivity index (χ0v) is 10.6. The predicted molar refractivity (Wildman–Crippen MR) is 69.7 cm³/mol. The first kappa shape index (κ1) is 14.0. The monoisotopic (exact) mass is 274 g/mol. The maximum atomic E-state index is 13.7. The highest BCUT2D eigenvalue weighted by molar-refractivity contribution is 5.35. The molecule has 0 amide bonds. The van der Waals surface area contributed by atoms with Crippen molar-refractivity contribution in [2.75, 3.05) is 0 Å². The fourth-order valence-electron chi connectivity index (χ4n) is 1.70. The van der Waals surface area contributed by atoms with Crippen molar-refractivity contribution in [1.82, 2.24) is 0 Å². The van der Waals surface area contributed by atoms with Gasteiger partial charge in [-0.3, -0.25) is 0 Å². The van der Waals surface area contributed by atoms with Crippen molar-refractivity contribution in [3.05, 3.63) is 64.7 Å². The highest BCUT2D eigenvalue weighted by Crippen LogP contribution is 2.20. The maximum absolute atomic E-state index is 13.7. The quantitative estimate of drug-likeness (QED) is 0.932. The Morgan fingerprint density at radius 3 is 2.45 bits per heavy atom. The van der Waals surface area contributed by atoms with E-state index in [1.54, 1.807) is 12.1 Å². The Morgan fingerprint density at radius 2 is 1.80 bits per heavy atom. The van der Waals surface area contributed by atoms with Crippen LogP contribution in [0.4, 0.5) is 8.78 Å². The second kappa shape index (κ2) is 6.13. The van der Waals surface area contributed by atoms with E-state index in [1.807, 2.05) is 0 Å². The minimum atomic E-state index is -0.588. The van der Waals surface area contributed by atoms with Crippen molar-refractivity contribution in [3.8, 4) is 11.8 Å². The molecule has 0 fully saturated rings. The van der Waals surface area contributed by atoms with Gasteiger partial charge in [0, 0.05) is 6.54 Å². The SMILES string of the molecule is N#Cc1cc(COc2ccc(CN)cc2F)ccc1F. The standard InChI is InChI=1S/C15H12F2N2O/c16-13-3-1-11(5-12(13)8-19)9-20-15-4-2-10(7-18)6-14(15)17/h1-6H,7,9,18H2. The smallest absolute Gasteiger partial charge is 0.165 e. The van der Waals surface area contributed by atoms with Gasteiger partial charge in [0.2, 0.25) is 0 Å². The normalized spacial score (nSPS) is 10.1. The minimum absolute atomic E-state index is 0.0495. The summed E-state index contributed by atoms with van der Waals surface area (Å²) in [5.41, 5.74) is 6.60. The van der Waals surface area contributed by atoms with Crippen LogP contribution in [0.5, 0.6) is 5.75 Å². The van der Waals surface area contributed by atoms with Crippen LogP contribution in [-0.4, -0.2) is 0 Å². The van der Waals surface area contributed by atoms with Crippen molar-refractivity contribution in [1.29, 1.82) is 5.26 Å². The van der Waals surface area contributed by atoms with Gasteiger partial charge in [0.1, 0.15) is 18.5 Å². The topological polar surface area (TPSA) is 59.0 Å². The lowest BCUT2D eigenvalue weighted by atomic mass is 10.1. The van der Waals surface area contributed by atoms with E-state index < -0.39 is 11.6 Å². The molecule has 102 valence electrons. The molecular formula is C15H12F2N2O. The Balaban J connectivity index is 2.11. The van der Waals surface area contributed by atoms with E-state index in [4.69, 9.17) is 15.7 Å². The summed E-state index contributed by atoms with van der Waals surface area (Å²) in [4.78, 5) is 0. The molecule has 0 aliphatic rings. The summed E-state index contributed by atoms with van der Waals surface area (Å²) < 4.78 is 32.1. The Labute approximate surface area is 115 Å². The van der Waals surface area contributed by atoms with Crippen LogP contribution >= 0.6 is 0 Å². The summed E-state index contributed by atoms with van der Waals surface area (Å²) in [7, 11) is 0. The van der Waals surface area contributed by atoms with Crippen LogP contribution in [0.1, 0.15) is 16.7 Å². The summed E-state index contributed by atoms with van der Waals surface area (Å²) in [5, 5.41) is 8.73. The molecule has 0 saturated carbocycles. The third kappa shape index (κ3) is 3.11. The van der Waals surface area contributed by atoms with Gasteiger partial charge in [-0.25, -0.2) is 8.78 Å². The van der Waals surface area contributed by atoms with Gasteiger partial charge >= 0.3 is 0 Å². The molecule has 20 heavy (non-hydrogen) atoms. The Morgan fingerprint density at radius 1 is 1.05 bits per heavy atom. The highest BCUT2D eigenvalue weighted by Gasteiger charge is 2.07. The Bertz CT molecular complexity index is 665. The number of nitriles is 1. The average molecular weight is 274 g/mol. The molecule has 0 heterocycles. The van der Waals surface area contributed by atoms with E-state index in [9.17, 15) is 8.78 Å². The number of benzene rings is 2. The van der Waals surface area contributed by atoms with Gasteiger partial charge in [-0.05, 0) is 35.4 Å². The van der Waals surface area contributed by atoms with E-state index in [-0.39, 0.29) is 24.5 Å². The summed E-state index contributed by atoms with van der Waals surface area (Å²) in [5.74, 6) is -1.00. The average Bonchev–Trinajstić information content (AvgIpc) is 2.47. The van der Waals surface area contributed by atoms with Gasteiger partial charge in [0.25, 0.3) is 0 Å². The van der Waals surface area contributed by atoms with Crippen LogP contribution in [0.2, 0.25) is 0 Å². The van der Waals surface area contributed by atoms with Gasteiger partial charge in [0.05, 0.1) is 5.56 Å². The number of nitrogens with two attached hydrogens (primary N) is 1. The third-order valence-electron chi connectivity index (χ3n) is 2.78. The zero-order valence-electron chi connectivity index (χ0n) is 10.6. The first-order valence-electron chi connectivity index (χ1n) is 5.94. The molecule has 0 aliphatic carbocycles. The maximum Gasteiger partial charge on any atom is 0.165 e. The van der Waals surface area contributed by atoms with E-state index >= 15 is 0 Å².